The Hall–Kier alpha value is -1.06. The van der Waals surface area contributed by atoms with E-state index in [9.17, 15) is 14.7 Å². The molecule has 4 rings (SSSR count). The highest BCUT2D eigenvalue weighted by atomic mass is 16.6. The second-order valence-electron chi connectivity index (χ2n) is 9.03. The van der Waals surface area contributed by atoms with Crippen molar-refractivity contribution >= 4 is 11.9 Å². The molecule has 0 aromatic carbocycles. The molecule has 7 unspecified atom stereocenters. The summed E-state index contributed by atoms with van der Waals surface area (Å²) in [6.07, 6.45) is 7.10. The highest BCUT2D eigenvalue weighted by molar-refractivity contribution is 5.98. The van der Waals surface area contributed by atoms with Gasteiger partial charge in [0, 0.05) is 5.92 Å². The van der Waals surface area contributed by atoms with Crippen molar-refractivity contribution < 1.29 is 19.4 Å². The Labute approximate surface area is 138 Å². The molecule has 1 N–H and O–H groups in total. The van der Waals surface area contributed by atoms with E-state index in [2.05, 4.69) is 6.92 Å². The molecule has 23 heavy (non-hydrogen) atoms. The van der Waals surface area contributed by atoms with Crippen LogP contribution in [0, 0.1) is 40.9 Å². The van der Waals surface area contributed by atoms with Crippen LogP contribution in [-0.4, -0.2) is 22.6 Å². The van der Waals surface area contributed by atoms with E-state index in [0.717, 1.165) is 36.5 Å². The quantitative estimate of drug-likeness (QED) is 0.489. The van der Waals surface area contributed by atoms with Gasteiger partial charge in [0.2, 0.25) is 0 Å². The Morgan fingerprint density at radius 2 is 1.78 bits per heavy atom. The predicted molar refractivity (Wildman–Crippen MR) is 84.6 cm³/mol. The lowest BCUT2D eigenvalue weighted by Gasteiger charge is -2.46. The molecule has 128 valence electrons. The molecule has 0 aromatic rings. The van der Waals surface area contributed by atoms with Crippen LogP contribution in [0.25, 0.3) is 0 Å². The maximum Gasteiger partial charge on any atom is 0.323 e. The van der Waals surface area contributed by atoms with Crippen LogP contribution in [-0.2, 0) is 14.3 Å². The number of hydrogen-bond acceptors (Lipinski definition) is 3. The molecule has 7 atom stereocenters. The monoisotopic (exact) mass is 320 g/mol. The van der Waals surface area contributed by atoms with Crippen LogP contribution in [0.4, 0.5) is 0 Å². The first-order valence-corrected chi connectivity index (χ1v) is 9.27. The van der Waals surface area contributed by atoms with Crippen molar-refractivity contribution in [3.05, 3.63) is 0 Å². The summed E-state index contributed by atoms with van der Waals surface area (Å²) in [5.74, 6) is 2.84. The third-order valence-electron chi connectivity index (χ3n) is 7.84. The normalized spacial score (nSPS) is 46.9. The number of aliphatic carboxylic acids is 1. The Balaban J connectivity index is 1.58. The summed E-state index contributed by atoms with van der Waals surface area (Å²) in [4.78, 5) is 23.9. The van der Waals surface area contributed by atoms with Gasteiger partial charge in [0.1, 0.15) is 5.60 Å². The van der Waals surface area contributed by atoms with Crippen LogP contribution in [0.1, 0.15) is 59.3 Å². The van der Waals surface area contributed by atoms with Crippen molar-refractivity contribution in [3.63, 3.8) is 0 Å². The van der Waals surface area contributed by atoms with E-state index < -0.39 is 23.0 Å². The van der Waals surface area contributed by atoms with Gasteiger partial charge < -0.3 is 9.84 Å². The van der Waals surface area contributed by atoms with Gasteiger partial charge in [0.15, 0.2) is 5.41 Å². The van der Waals surface area contributed by atoms with E-state index >= 15 is 0 Å². The first kappa shape index (κ1) is 15.5. The molecule has 0 radical (unpaired) electrons. The first-order chi connectivity index (χ1) is 10.8. The Kier molecular flexibility index (Phi) is 3.18. The summed E-state index contributed by atoms with van der Waals surface area (Å²) < 4.78 is 6.00. The van der Waals surface area contributed by atoms with E-state index in [1.807, 2.05) is 0 Å². The SMILES string of the molecule is CCC1(OC(=O)C(C)(C)C(=O)O)CC2CC1C1C3CCC(C3)C21. The summed E-state index contributed by atoms with van der Waals surface area (Å²) in [5.41, 5.74) is -1.86. The number of esters is 1. The van der Waals surface area contributed by atoms with Gasteiger partial charge in [-0.15, -0.1) is 0 Å². The molecule has 4 saturated carbocycles. The maximum atomic E-state index is 12.6. The van der Waals surface area contributed by atoms with Gasteiger partial charge in [0.05, 0.1) is 0 Å². The third kappa shape index (κ3) is 1.90. The molecule has 0 aliphatic heterocycles. The van der Waals surface area contributed by atoms with Crippen LogP contribution in [0.5, 0.6) is 0 Å². The Morgan fingerprint density at radius 3 is 2.39 bits per heavy atom. The molecule has 4 bridgehead atoms. The number of rotatable bonds is 4. The van der Waals surface area contributed by atoms with Crippen molar-refractivity contribution in [2.24, 2.45) is 40.9 Å². The van der Waals surface area contributed by atoms with Crippen molar-refractivity contribution in [2.75, 3.05) is 0 Å². The van der Waals surface area contributed by atoms with Gasteiger partial charge in [-0.2, -0.15) is 0 Å². The van der Waals surface area contributed by atoms with Crippen molar-refractivity contribution in [1.29, 1.82) is 0 Å². The zero-order chi connectivity index (χ0) is 16.6. The molecule has 0 aromatic heterocycles. The molecule has 4 aliphatic carbocycles. The van der Waals surface area contributed by atoms with Crippen LogP contribution in [0.3, 0.4) is 0 Å². The predicted octanol–water partition coefficient (Wildman–Crippen LogP) is 3.49. The number of carboxylic acid groups (broad SMARTS) is 1. The average molecular weight is 320 g/mol. The lowest BCUT2D eigenvalue weighted by atomic mass is 9.65. The van der Waals surface area contributed by atoms with E-state index in [-0.39, 0.29) is 0 Å². The average Bonchev–Trinajstić information content (AvgIpc) is 3.24. The van der Waals surface area contributed by atoms with Crippen molar-refractivity contribution in [3.8, 4) is 0 Å². The second kappa shape index (κ2) is 4.73. The standard InChI is InChI=1S/C19H28O4/c1-4-19(23-17(22)18(2,3)16(20)21)9-12-8-13(19)15-11-6-5-10(7-11)14(12)15/h10-15H,4-9H2,1-3H3,(H,20,21). The zero-order valence-corrected chi connectivity index (χ0v) is 14.4. The fourth-order valence-corrected chi connectivity index (χ4v) is 6.69. The second-order valence-corrected chi connectivity index (χ2v) is 9.03. The molecule has 0 heterocycles. The van der Waals surface area contributed by atoms with E-state index in [0.29, 0.717) is 11.8 Å². The molecule has 0 saturated heterocycles. The molecule has 4 aliphatic rings. The van der Waals surface area contributed by atoms with Crippen molar-refractivity contribution in [2.45, 2.75) is 64.9 Å². The molecular weight excluding hydrogens is 292 g/mol. The zero-order valence-electron chi connectivity index (χ0n) is 14.4. The highest BCUT2D eigenvalue weighted by Gasteiger charge is 2.68. The lowest BCUT2D eigenvalue weighted by Crippen LogP contribution is -2.50. The number of hydrogen-bond donors (Lipinski definition) is 1. The minimum atomic E-state index is -1.46. The van der Waals surface area contributed by atoms with Gasteiger partial charge in [-0.25, -0.2) is 0 Å². The van der Waals surface area contributed by atoms with Gasteiger partial charge >= 0.3 is 11.9 Å². The van der Waals surface area contributed by atoms with E-state index in [1.54, 1.807) is 0 Å². The topological polar surface area (TPSA) is 63.6 Å². The van der Waals surface area contributed by atoms with E-state index in [4.69, 9.17) is 4.74 Å². The van der Waals surface area contributed by atoms with Crippen LogP contribution in [0.2, 0.25) is 0 Å². The van der Waals surface area contributed by atoms with Gasteiger partial charge in [-0.3, -0.25) is 9.59 Å². The van der Waals surface area contributed by atoms with Crippen LogP contribution < -0.4 is 0 Å². The summed E-state index contributed by atoms with van der Waals surface area (Å²) in [5, 5.41) is 9.31. The molecule has 4 fully saturated rings. The highest BCUT2D eigenvalue weighted by Crippen LogP contribution is 2.70. The number of ether oxygens (including phenoxy) is 1. The third-order valence-corrected chi connectivity index (χ3v) is 7.84. The summed E-state index contributed by atoms with van der Waals surface area (Å²) in [6, 6.07) is 0. The van der Waals surface area contributed by atoms with Crippen LogP contribution in [0.15, 0.2) is 0 Å². The fraction of sp³-hybridized carbons (Fsp3) is 0.895. The Morgan fingerprint density at radius 1 is 1.13 bits per heavy atom. The maximum absolute atomic E-state index is 12.6. The smallest absolute Gasteiger partial charge is 0.323 e. The minimum Gasteiger partial charge on any atom is -0.480 e. The summed E-state index contributed by atoms with van der Waals surface area (Å²) >= 11 is 0. The Bertz CT molecular complexity index is 554. The van der Waals surface area contributed by atoms with Gasteiger partial charge in [-0.05, 0) is 82.0 Å². The molecular formula is C19H28O4. The largest absolute Gasteiger partial charge is 0.480 e. The van der Waals surface area contributed by atoms with Gasteiger partial charge in [-0.1, -0.05) is 6.92 Å². The molecule has 4 nitrogen and oxygen atoms in total. The summed E-state index contributed by atoms with van der Waals surface area (Å²) in [7, 11) is 0. The molecule has 0 spiro atoms. The fourth-order valence-electron chi connectivity index (χ4n) is 6.69. The summed E-state index contributed by atoms with van der Waals surface area (Å²) in [6.45, 7) is 5.01. The number of carbonyl (C=O) groups excluding carboxylic acids is 1. The minimum absolute atomic E-state index is 0.403. The number of carbonyl (C=O) groups is 2. The first-order valence-electron chi connectivity index (χ1n) is 9.27. The van der Waals surface area contributed by atoms with Crippen LogP contribution >= 0.6 is 0 Å². The van der Waals surface area contributed by atoms with Gasteiger partial charge in [0.25, 0.3) is 0 Å². The molecule has 0 amide bonds. The molecule has 4 heteroatoms. The number of carboxylic acids is 1. The van der Waals surface area contributed by atoms with Crippen molar-refractivity contribution in [1.82, 2.24) is 0 Å². The van der Waals surface area contributed by atoms with E-state index in [1.165, 1.54) is 39.5 Å². The number of fused-ring (bicyclic) bond motifs is 9. The lowest BCUT2D eigenvalue weighted by molar-refractivity contribution is -0.187.